The van der Waals surface area contributed by atoms with Gasteiger partial charge in [-0.05, 0) is 49.4 Å². The van der Waals surface area contributed by atoms with Crippen LogP contribution in [0.25, 0.3) is 6.08 Å². The van der Waals surface area contributed by atoms with Gasteiger partial charge in [0.25, 0.3) is 0 Å². The molecular formula is C21H19Cl2N5O. The van der Waals surface area contributed by atoms with Gasteiger partial charge in [0.2, 0.25) is 0 Å². The van der Waals surface area contributed by atoms with Crippen molar-refractivity contribution in [2.45, 2.75) is 13.0 Å². The van der Waals surface area contributed by atoms with Gasteiger partial charge in [-0.25, -0.2) is 0 Å². The highest BCUT2D eigenvalue weighted by Crippen LogP contribution is 2.33. The van der Waals surface area contributed by atoms with Crippen molar-refractivity contribution in [1.82, 2.24) is 9.97 Å². The molecule has 1 aromatic carbocycles. The predicted octanol–water partition coefficient (Wildman–Crippen LogP) is 5.17. The average Bonchev–Trinajstić information content (AvgIpc) is 2.68. The molecule has 0 aliphatic rings. The van der Waals surface area contributed by atoms with Gasteiger partial charge in [-0.1, -0.05) is 23.2 Å². The molecule has 0 fully saturated rings. The molecule has 0 bridgehead atoms. The van der Waals surface area contributed by atoms with E-state index < -0.39 is 6.10 Å². The molecule has 6 nitrogen and oxygen atoms in total. The minimum absolute atomic E-state index is 0.221. The Hall–Kier alpha value is -3.09. The number of rotatable bonds is 6. The Bertz CT molecular complexity index is 1050. The molecule has 2 heterocycles. The van der Waals surface area contributed by atoms with Crippen molar-refractivity contribution in [3.63, 3.8) is 0 Å². The van der Waals surface area contributed by atoms with E-state index in [0.717, 1.165) is 0 Å². The summed E-state index contributed by atoms with van der Waals surface area (Å²) < 4.78 is 5.98. The maximum Gasteiger partial charge on any atom is 0.124 e. The molecule has 5 N–H and O–H groups in total. The Morgan fingerprint density at radius 3 is 2.48 bits per heavy atom. The van der Waals surface area contributed by atoms with Gasteiger partial charge >= 0.3 is 0 Å². The van der Waals surface area contributed by atoms with Crippen molar-refractivity contribution in [1.29, 1.82) is 5.41 Å². The van der Waals surface area contributed by atoms with Gasteiger partial charge in [-0.15, -0.1) is 0 Å². The fraction of sp³-hybridized carbons (Fsp3) is 0.0952. The second kappa shape index (κ2) is 8.94. The minimum atomic E-state index is -0.418. The summed E-state index contributed by atoms with van der Waals surface area (Å²) in [6.45, 7) is 1.83. The van der Waals surface area contributed by atoms with Crippen LogP contribution in [0.2, 0.25) is 10.0 Å². The topological polar surface area (TPSA) is 111 Å². The molecule has 0 saturated carbocycles. The first kappa shape index (κ1) is 20.6. The second-order valence-corrected chi connectivity index (χ2v) is 7.10. The summed E-state index contributed by atoms with van der Waals surface area (Å²) in [5, 5.41) is 9.20. The Kier molecular flexibility index (Phi) is 6.36. The third-order valence-corrected chi connectivity index (χ3v) is 4.76. The number of ether oxygens (including phenoxy) is 1. The van der Waals surface area contributed by atoms with Crippen LogP contribution in [-0.4, -0.2) is 15.7 Å². The first-order valence-electron chi connectivity index (χ1n) is 8.68. The Morgan fingerprint density at radius 1 is 1.10 bits per heavy atom. The highest BCUT2D eigenvalue weighted by molar-refractivity contribution is 6.35. The number of aromatic nitrogens is 2. The summed E-state index contributed by atoms with van der Waals surface area (Å²) in [6.07, 6.45) is 7.51. The lowest BCUT2D eigenvalue weighted by Gasteiger charge is -2.18. The van der Waals surface area contributed by atoms with Crippen molar-refractivity contribution >= 4 is 46.4 Å². The van der Waals surface area contributed by atoms with Crippen LogP contribution in [0, 0.1) is 5.41 Å². The lowest BCUT2D eigenvalue weighted by atomic mass is 10.1. The molecule has 0 radical (unpaired) electrons. The zero-order valence-corrected chi connectivity index (χ0v) is 17.1. The van der Waals surface area contributed by atoms with Gasteiger partial charge in [0.15, 0.2) is 0 Å². The SMILES string of the molecule is CC(Oc1ccc(N)c(C(=N)/C=C/c2ccc(N)cn2)c1)c1c(Cl)cncc1Cl. The van der Waals surface area contributed by atoms with Crippen molar-refractivity contribution < 1.29 is 4.74 Å². The molecule has 1 atom stereocenters. The molecule has 0 aliphatic heterocycles. The van der Waals surface area contributed by atoms with E-state index in [0.29, 0.717) is 44.0 Å². The molecule has 148 valence electrons. The van der Waals surface area contributed by atoms with E-state index in [-0.39, 0.29) is 5.71 Å². The van der Waals surface area contributed by atoms with E-state index in [1.165, 1.54) is 12.4 Å². The summed E-state index contributed by atoms with van der Waals surface area (Å²) >= 11 is 12.4. The number of anilines is 2. The lowest BCUT2D eigenvalue weighted by Crippen LogP contribution is -2.07. The molecule has 8 heteroatoms. The van der Waals surface area contributed by atoms with Crippen LogP contribution in [0.3, 0.4) is 0 Å². The maximum atomic E-state index is 8.35. The van der Waals surface area contributed by atoms with Gasteiger partial charge in [0.05, 0.1) is 33.3 Å². The summed E-state index contributed by atoms with van der Waals surface area (Å²) in [7, 11) is 0. The van der Waals surface area contributed by atoms with E-state index in [9.17, 15) is 0 Å². The number of benzene rings is 1. The van der Waals surface area contributed by atoms with Crippen LogP contribution < -0.4 is 16.2 Å². The van der Waals surface area contributed by atoms with E-state index in [1.54, 1.807) is 48.7 Å². The normalized spacial score (nSPS) is 12.1. The zero-order chi connectivity index (χ0) is 21.0. The van der Waals surface area contributed by atoms with Crippen LogP contribution >= 0.6 is 23.2 Å². The van der Waals surface area contributed by atoms with Gasteiger partial charge in [-0.2, -0.15) is 0 Å². The van der Waals surface area contributed by atoms with Crippen molar-refractivity contribution in [3.8, 4) is 5.75 Å². The Balaban J connectivity index is 1.80. The van der Waals surface area contributed by atoms with Crippen LogP contribution in [0.5, 0.6) is 5.75 Å². The van der Waals surface area contributed by atoms with Crippen LogP contribution in [0.1, 0.15) is 29.8 Å². The smallest absolute Gasteiger partial charge is 0.124 e. The van der Waals surface area contributed by atoms with Crippen LogP contribution in [0.15, 0.2) is 55.0 Å². The number of hydrogen-bond donors (Lipinski definition) is 3. The largest absolute Gasteiger partial charge is 0.486 e. The number of nitrogen functional groups attached to an aromatic ring is 2. The summed E-state index contributed by atoms with van der Waals surface area (Å²) in [5.74, 6) is 0.536. The number of allylic oxidation sites excluding steroid dienone is 1. The molecule has 0 saturated heterocycles. The van der Waals surface area contributed by atoms with Gasteiger partial charge in [-0.3, -0.25) is 9.97 Å². The van der Waals surface area contributed by atoms with E-state index in [1.807, 2.05) is 6.92 Å². The minimum Gasteiger partial charge on any atom is -0.486 e. The highest BCUT2D eigenvalue weighted by Gasteiger charge is 2.16. The van der Waals surface area contributed by atoms with Gasteiger partial charge in [0.1, 0.15) is 11.9 Å². The van der Waals surface area contributed by atoms with Crippen LogP contribution in [-0.2, 0) is 0 Å². The quantitative estimate of drug-likeness (QED) is 0.371. The monoisotopic (exact) mass is 427 g/mol. The highest BCUT2D eigenvalue weighted by atomic mass is 35.5. The number of nitrogens with zero attached hydrogens (tertiary/aromatic N) is 2. The molecule has 0 aliphatic carbocycles. The molecule has 3 rings (SSSR count). The summed E-state index contributed by atoms with van der Waals surface area (Å²) in [5.41, 5.74) is 14.8. The van der Waals surface area contributed by atoms with E-state index in [4.69, 9.17) is 44.8 Å². The lowest BCUT2D eigenvalue weighted by molar-refractivity contribution is 0.227. The molecule has 0 spiro atoms. The number of halogens is 2. The first-order valence-corrected chi connectivity index (χ1v) is 9.44. The van der Waals surface area contributed by atoms with E-state index >= 15 is 0 Å². The Labute approximate surface area is 178 Å². The summed E-state index contributed by atoms with van der Waals surface area (Å²) in [4.78, 5) is 8.13. The standard InChI is InChI=1S/C21H19Cl2N5O/c1-12(21-17(22)10-27-11-18(21)23)29-15-5-7-20(26)16(8-15)19(25)6-4-14-3-2-13(24)9-28-14/h2-12,25H,24,26H2,1H3/b6-4+,25-19?. The number of nitrogens with two attached hydrogens (primary N) is 2. The van der Waals surface area contributed by atoms with Crippen molar-refractivity contribution in [2.75, 3.05) is 11.5 Å². The Morgan fingerprint density at radius 2 is 1.83 bits per heavy atom. The molecule has 29 heavy (non-hydrogen) atoms. The van der Waals surface area contributed by atoms with Crippen molar-refractivity contribution in [2.24, 2.45) is 0 Å². The van der Waals surface area contributed by atoms with E-state index in [2.05, 4.69) is 9.97 Å². The third-order valence-electron chi connectivity index (χ3n) is 4.15. The molecular weight excluding hydrogens is 409 g/mol. The molecule has 2 aromatic heterocycles. The molecule has 3 aromatic rings. The first-order chi connectivity index (χ1) is 13.8. The summed E-state index contributed by atoms with van der Waals surface area (Å²) in [6, 6.07) is 8.65. The maximum absolute atomic E-state index is 8.35. The number of hydrogen-bond acceptors (Lipinski definition) is 6. The van der Waals surface area contributed by atoms with Gasteiger partial charge < -0.3 is 21.6 Å². The molecule has 0 amide bonds. The molecule has 1 unspecified atom stereocenters. The third kappa shape index (κ3) is 5.04. The second-order valence-electron chi connectivity index (χ2n) is 6.29. The van der Waals surface area contributed by atoms with Crippen LogP contribution in [0.4, 0.5) is 11.4 Å². The predicted molar refractivity (Wildman–Crippen MR) is 119 cm³/mol. The number of nitrogens with one attached hydrogen (secondary N) is 1. The van der Waals surface area contributed by atoms with Crippen molar-refractivity contribution in [3.05, 3.63) is 81.9 Å². The fourth-order valence-corrected chi connectivity index (χ4v) is 3.36. The zero-order valence-electron chi connectivity index (χ0n) is 15.6. The fourth-order valence-electron chi connectivity index (χ4n) is 2.69. The van der Waals surface area contributed by atoms with Gasteiger partial charge in [0, 0.05) is 29.2 Å². The number of pyridine rings is 2. The average molecular weight is 428 g/mol.